The quantitative estimate of drug-likeness (QED) is 0.437. The molecule has 1 aliphatic heterocycles. The summed E-state index contributed by atoms with van der Waals surface area (Å²) in [5, 5.41) is 4.82. The van der Waals surface area contributed by atoms with Crippen molar-refractivity contribution >= 4 is 28.5 Å². The molecule has 0 unspecified atom stereocenters. The van der Waals surface area contributed by atoms with Crippen molar-refractivity contribution in [2.45, 2.75) is 39.3 Å². The predicted octanol–water partition coefficient (Wildman–Crippen LogP) is 4.12. The summed E-state index contributed by atoms with van der Waals surface area (Å²) in [5.74, 6) is -0.706. The lowest BCUT2D eigenvalue weighted by molar-refractivity contribution is -0.130. The summed E-state index contributed by atoms with van der Waals surface area (Å²) >= 11 is 0. The van der Waals surface area contributed by atoms with Gasteiger partial charge in [-0.2, -0.15) is 0 Å². The molecular formula is C26H29N3O4. The molecule has 7 nitrogen and oxygen atoms in total. The van der Waals surface area contributed by atoms with Crippen LogP contribution in [0.1, 0.15) is 47.2 Å². The zero-order chi connectivity index (χ0) is 23.9. The average molecular weight is 448 g/mol. The molecule has 0 saturated carbocycles. The number of rotatable bonds is 7. The van der Waals surface area contributed by atoms with Crippen molar-refractivity contribution in [3.63, 3.8) is 0 Å². The van der Waals surface area contributed by atoms with E-state index < -0.39 is 17.5 Å². The second kappa shape index (κ2) is 8.48. The number of ketones is 1. The van der Waals surface area contributed by atoms with Gasteiger partial charge in [0.05, 0.1) is 19.2 Å². The molecule has 3 aromatic rings. The summed E-state index contributed by atoms with van der Waals surface area (Å²) in [6.07, 6.45) is 0. The summed E-state index contributed by atoms with van der Waals surface area (Å²) in [6.45, 7) is 7.71. The third kappa shape index (κ3) is 3.82. The molecule has 33 heavy (non-hydrogen) atoms. The molecule has 1 saturated heterocycles. The van der Waals surface area contributed by atoms with Crippen molar-refractivity contribution < 1.29 is 19.1 Å². The lowest BCUT2D eigenvalue weighted by Gasteiger charge is -2.22. The minimum absolute atomic E-state index is 0.0597. The number of imide groups is 1. The van der Waals surface area contributed by atoms with Gasteiger partial charge in [-0.05, 0) is 56.2 Å². The number of methoxy groups -OCH3 is 1. The zero-order valence-electron chi connectivity index (χ0n) is 19.6. The average Bonchev–Trinajstić information content (AvgIpc) is 3.21. The van der Waals surface area contributed by atoms with Gasteiger partial charge in [0.2, 0.25) is 0 Å². The fourth-order valence-electron chi connectivity index (χ4n) is 4.82. The summed E-state index contributed by atoms with van der Waals surface area (Å²) in [7, 11) is 1.64. The molecule has 0 spiro atoms. The lowest BCUT2D eigenvalue weighted by atomic mass is 9.90. The maximum absolute atomic E-state index is 13.4. The van der Waals surface area contributed by atoms with Crippen LogP contribution >= 0.6 is 0 Å². The van der Waals surface area contributed by atoms with Crippen LogP contribution in [0.3, 0.4) is 0 Å². The van der Waals surface area contributed by atoms with E-state index in [9.17, 15) is 14.4 Å². The molecule has 172 valence electrons. The number of hydrogen-bond acceptors (Lipinski definition) is 4. The van der Waals surface area contributed by atoms with Crippen LogP contribution in [0.25, 0.3) is 10.8 Å². The summed E-state index contributed by atoms with van der Waals surface area (Å²) in [4.78, 5) is 40.3. The smallest absolute Gasteiger partial charge is 0.325 e. The van der Waals surface area contributed by atoms with Gasteiger partial charge in [0.15, 0.2) is 5.78 Å². The number of benzene rings is 2. The molecule has 1 fully saturated rings. The van der Waals surface area contributed by atoms with E-state index in [1.165, 1.54) is 0 Å². The highest BCUT2D eigenvalue weighted by Gasteiger charge is 2.49. The Hall–Kier alpha value is -3.45. The van der Waals surface area contributed by atoms with Crippen LogP contribution in [-0.2, 0) is 15.1 Å². The van der Waals surface area contributed by atoms with Crippen molar-refractivity contribution in [1.29, 1.82) is 0 Å². The number of fused-ring (bicyclic) bond motifs is 1. The number of nitrogens with one attached hydrogen (secondary N) is 1. The SMILES string of the molecule is COC[C@H](C)n1c(C)cc(C(=O)CN2C(=O)N[C@@](C)(c3ccc4ccccc4c3)C2=O)c1C. The number of ether oxygens (including phenoxy) is 1. The molecule has 1 N–H and O–H groups in total. The molecule has 3 amide bonds. The topological polar surface area (TPSA) is 80.6 Å². The number of nitrogens with zero attached hydrogens (tertiary/aromatic N) is 2. The normalized spacial score (nSPS) is 19.2. The van der Waals surface area contributed by atoms with Crippen LogP contribution in [0, 0.1) is 13.8 Å². The second-order valence-electron chi connectivity index (χ2n) is 8.89. The van der Waals surface area contributed by atoms with Gasteiger partial charge in [-0.15, -0.1) is 0 Å². The molecule has 2 aromatic carbocycles. The van der Waals surface area contributed by atoms with E-state index in [0.717, 1.165) is 27.1 Å². The minimum Gasteiger partial charge on any atom is -0.383 e. The van der Waals surface area contributed by atoms with Crippen LogP contribution in [0.5, 0.6) is 0 Å². The molecule has 0 aliphatic carbocycles. The molecule has 7 heteroatoms. The molecule has 1 aliphatic rings. The maximum Gasteiger partial charge on any atom is 0.325 e. The van der Waals surface area contributed by atoms with Gasteiger partial charge in [0, 0.05) is 24.1 Å². The van der Waals surface area contributed by atoms with Gasteiger partial charge in [-0.25, -0.2) is 4.79 Å². The maximum atomic E-state index is 13.4. The second-order valence-corrected chi connectivity index (χ2v) is 8.89. The van der Waals surface area contributed by atoms with Crippen LogP contribution < -0.4 is 5.32 Å². The summed E-state index contributed by atoms with van der Waals surface area (Å²) in [6, 6.07) is 14.8. The molecule has 4 rings (SSSR count). The number of amides is 3. The number of Topliss-reactive ketones (excluding diaryl/α,β-unsaturated/α-hetero) is 1. The summed E-state index contributed by atoms with van der Waals surface area (Å²) < 4.78 is 7.30. The molecular weight excluding hydrogens is 418 g/mol. The lowest BCUT2D eigenvalue weighted by Crippen LogP contribution is -2.41. The summed E-state index contributed by atoms with van der Waals surface area (Å²) in [5.41, 5.74) is 1.69. The van der Waals surface area contributed by atoms with Gasteiger partial charge in [-0.3, -0.25) is 14.5 Å². The highest BCUT2D eigenvalue weighted by atomic mass is 16.5. The third-order valence-corrected chi connectivity index (χ3v) is 6.54. The van der Waals surface area contributed by atoms with Gasteiger partial charge in [0.25, 0.3) is 5.91 Å². The van der Waals surface area contributed by atoms with Crippen LogP contribution in [0.4, 0.5) is 4.79 Å². The van der Waals surface area contributed by atoms with E-state index in [4.69, 9.17) is 4.74 Å². The van der Waals surface area contributed by atoms with Crippen molar-refractivity contribution in [2.75, 3.05) is 20.3 Å². The van der Waals surface area contributed by atoms with Crippen molar-refractivity contribution in [1.82, 2.24) is 14.8 Å². The van der Waals surface area contributed by atoms with Crippen molar-refractivity contribution in [3.8, 4) is 0 Å². The Morgan fingerprint density at radius 3 is 2.48 bits per heavy atom. The molecule has 0 bridgehead atoms. The van der Waals surface area contributed by atoms with Gasteiger partial charge in [-0.1, -0.05) is 36.4 Å². The zero-order valence-corrected chi connectivity index (χ0v) is 19.6. The fourth-order valence-corrected chi connectivity index (χ4v) is 4.82. The van der Waals surface area contributed by atoms with Crippen LogP contribution in [0.15, 0.2) is 48.5 Å². The Balaban J connectivity index is 1.59. The largest absolute Gasteiger partial charge is 0.383 e. The van der Waals surface area contributed by atoms with Crippen LogP contribution in [0.2, 0.25) is 0 Å². The monoisotopic (exact) mass is 447 g/mol. The number of hydrogen-bond donors (Lipinski definition) is 1. The van der Waals surface area contributed by atoms with Crippen molar-refractivity contribution in [3.05, 3.63) is 71.0 Å². The van der Waals surface area contributed by atoms with Gasteiger partial charge < -0.3 is 14.6 Å². The highest BCUT2D eigenvalue weighted by Crippen LogP contribution is 2.31. The first kappa shape index (κ1) is 22.7. The number of aryl methyl sites for hydroxylation is 1. The van der Waals surface area contributed by atoms with E-state index in [1.54, 1.807) is 14.0 Å². The van der Waals surface area contributed by atoms with Gasteiger partial charge in [0.1, 0.15) is 5.54 Å². The van der Waals surface area contributed by atoms with E-state index in [-0.39, 0.29) is 18.4 Å². The molecule has 0 radical (unpaired) electrons. The highest BCUT2D eigenvalue weighted by molar-refractivity contribution is 6.11. The molecule has 2 heterocycles. The predicted molar refractivity (Wildman–Crippen MR) is 126 cm³/mol. The molecule has 2 atom stereocenters. The first-order valence-corrected chi connectivity index (χ1v) is 11.0. The standard InChI is InChI=1S/C26H29N3O4/c1-16-12-22(18(3)29(16)17(2)15-33-5)23(30)14-28-24(31)26(4,27-25(28)32)21-11-10-19-8-6-7-9-20(19)13-21/h6-13,17H,14-15H2,1-5H3,(H,27,32)/t17-,26-/m0/s1. The van der Waals surface area contributed by atoms with E-state index >= 15 is 0 Å². The molecule has 1 aromatic heterocycles. The fraction of sp³-hybridized carbons (Fsp3) is 0.346. The number of carbonyl (C=O) groups is 3. The van der Waals surface area contributed by atoms with E-state index in [1.807, 2.05) is 73.9 Å². The minimum atomic E-state index is -1.23. The van der Waals surface area contributed by atoms with Crippen LogP contribution in [-0.4, -0.2) is 47.4 Å². The Morgan fingerprint density at radius 2 is 1.79 bits per heavy atom. The van der Waals surface area contributed by atoms with Gasteiger partial charge >= 0.3 is 6.03 Å². The Labute approximate surface area is 193 Å². The third-order valence-electron chi connectivity index (χ3n) is 6.54. The van der Waals surface area contributed by atoms with E-state index in [2.05, 4.69) is 5.32 Å². The number of urea groups is 1. The first-order valence-electron chi connectivity index (χ1n) is 11.0. The number of aromatic nitrogens is 1. The van der Waals surface area contributed by atoms with E-state index in [0.29, 0.717) is 17.7 Å². The number of carbonyl (C=O) groups excluding carboxylic acids is 3. The Kier molecular flexibility index (Phi) is 5.84. The Morgan fingerprint density at radius 1 is 1.09 bits per heavy atom. The Bertz CT molecular complexity index is 1260. The first-order chi connectivity index (χ1) is 15.7. The van der Waals surface area contributed by atoms with Crippen molar-refractivity contribution in [2.24, 2.45) is 0 Å².